The molecule has 1 aliphatic heterocycles. The molecule has 0 bridgehead atoms. The Morgan fingerprint density at radius 2 is 1.97 bits per heavy atom. The Kier molecular flexibility index (Phi) is 6.66. The first-order valence-electron chi connectivity index (χ1n) is 9.79. The molecule has 8 nitrogen and oxygen atoms in total. The Morgan fingerprint density at radius 1 is 1.17 bits per heavy atom. The molecule has 1 fully saturated rings. The van der Waals surface area contributed by atoms with Gasteiger partial charge >= 0.3 is 5.69 Å². The lowest BCUT2D eigenvalue weighted by Crippen LogP contribution is -2.47. The monoisotopic (exact) mass is 445 g/mol. The molecule has 158 valence electrons. The van der Waals surface area contributed by atoms with E-state index >= 15 is 0 Å². The van der Waals surface area contributed by atoms with Crippen molar-refractivity contribution in [2.45, 2.75) is 10.8 Å². The van der Waals surface area contributed by atoms with E-state index in [0.717, 1.165) is 41.7 Å². The number of aromatic nitrogens is 2. The average Bonchev–Trinajstić information content (AvgIpc) is 3.19. The molecule has 0 N–H and O–H groups in total. The minimum absolute atomic E-state index is 0.0245. The molecule has 3 aromatic rings. The normalized spacial score (nSPS) is 14.9. The van der Waals surface area contributed by atoms with Crippen LogP contribution in [0.25, 0.3) is 10.2 Å². The summed E-state index contributed by atoms with van der Waals surface area (Å²) < 4.78 is 7.50. The predicted octanol–water partition coefficient (Wildman–Crippen LogP) is 3.91. The van der Waals surface area contributed by atoms with Crippen molar-refractivity contribution < 1.29 is 9.66 Å². The summed E-state index contributed by atoms with van der Waals surface area (Å²) in [7, 11) is 1.52. The molecule has 1 saturated heterocycles. The summed E-state index contributed by atoms with van der Waals surface area (Å²) in [5, 5.41) is 11.4. The number of piperazine rings is 1. The maximum Gasteiger partial charge on any atom is 0.311 e. The highest BCUT2D eigenvalue weighted by Crippen LogP contribution is 2.30. The van der Waals surface area contributed by atoms with Crippen molar-refractivity contribution in [1.82, 2.24) is 14.9 Å². The highest BCUT2D eigenvalue weighted by molar-refractivity contribution is 8.01. The zero-order valence-electron chi connectivity index (χ0n) is 16.7. The molecular formula is C20H23N5O3S2. The largest absolute Gasteiger partial charge is 0.481 e. The van der Waals surface area contributed by atoms with Gasteiger partial charge in [-0.2, -0.15) is 4.98 Å². The highest BCUT2D eigenvalue weighted by Gasteiger charge is 2.25. The fraction of sp³-hybridized carbons (Fsp3) is 0.400. The lowest BCUT2D eigenvalue weighted by atomic mass is 10.2. The molecule has 30 heavy (non-hydrogen) atoms. The molecule has 1 aromatic carbocycles. The molecule has 0 amide bonds. The van der Waals surface area contributed by atoms with Gasteiger partial charge in [0.25, 0.3) is 0 Å². The standard InChI is InChI=1S/C20H23N5O3S2/c1-28-18-8-7-16(25(26)27)19(22-18)24-12-10-23(11-13-24)9-4-14-29-20-21-15-5-2-3-6-17(15)30-20/h2-3,5-8H,4,9-14H2,1H3. The van der Waals surface area contributed by atoms with Gasteiger partial charge in [0.1, 0.15) is 0 Å². The number of hydrogen-bond acceptors (Lipinski definition) is 9. The zero-order valence-corrected chi connectivity index (χ0v) is 18.3. The topological polar surface area (TPSA) is 84.6 Å². The third-order valence-corrected chi connectivity index (χ3v) is 7.29. The molecule has 0 spiro atoms. The summed E-state index contributed by atoms with van der Waals surface area (Å²) in [6.07, 6.45) is 1.08. The van der Waals surface area contributed by atoms with Crippen LogP contribution in [0, 0.1) is 10.1 Å². The Hall–Kier alpha value is -2.43. The number of pyridine rings is 1. The molecule has 0 radical (unpaired) electrons. The van der Waals surface area contributed by atoms with E-state index in [1.807, 2.05) is 28.8 Å². The maximum atomic E-state index is 11.4. The highest BCUT2D eigenvalue weighted by atomic mass is 32.2. The number of nitro groups is 1. The van der Waals surface area contributed by atoms with Gasteiger partial charge in [-0.15, -0.1) is 11.3 Å². The van der Waals surface area contributed by atoms with Crippen molar-refractivity contribution in [3.63, 3.8) is 0 Å². The van der Waals surface area contributed by atoms with Gasteiger partial charge in [0.05, 0.1) is 22.2 Å². The minimum atomic E-state index is -0.382. The molecular weight excluding hydrogens is 422 g/mol. The lowest BCUT2D eigenvalue weighted by Gasteiger charge is -2.35. The molecule has 3 heterocycles. The summed E-state index contributed by atoms with van der Waals surface area (Å²) in [4.78, 5) is 24.3. The lowest BCUT2D eigenvalue weighted by molar-refractivity contribution is -0.384. The van der Waals surface area contributed by atoms with Gasteiger partial charge in [0.15, 0.2) is 4.34 Å². The van der Waals surface area contributed by atoms with Crippen LogP contribution in [-0.2, 0) is 0 Å². The molecule has 0 atom stereocenters. The second-order valence-electron chi connectivity index (χ2n) is 6.93. The van der Waals surface area contributed by atoms with Crippen molar-refractivity contribution in [2.75, 3.05) is 50.5 Å². The van der Waals surface area contributed by atoms with Gasteiger partial charge in [-0.25, -0.2) is 4.98 Å². The summed E-state index contributed by atoms with van der Waals surface area (Å²) in [5.74, 6) is 1.82. The van der Waals surface area contributed by atoms with E-state index < -0.39 is 0 Å². The number of anilines is 1. The first-order valence-corrected chi connectivity index (χ1v) is 11.6. The van der Waals surface area contributed by atoms with E-state index in [2.05, 4.69) is 27.0 Å². The predicted molar refractivity (Wildman–Crippen MR) is 121 cm³/mol. The van der Waals surface area contributed by atoms with Gasteiger partial charge in [-0.1, -0.05) is 23.9 Å². The molecule has 4 rings (SSSR count). The van der Waals surface area contributed by atoms with Crippen LogP contribution in [-0.4, -0.2) is 65.4 Å². The van der Waals surface area contributed by atoms with Gasteiger partial charge < -0.3 is 9.64 Å². The zero-order chi connectivity index (χ0) is 20.9. The van der Waals surface area contributed by atoms with Gasteiger partial charge in [-0.05, 0) is 25.1 Å². The van der Waals surface area contributed by atoms with E-state index in [-0.39, 0.29) is 10.6 Å². The number of fused-ring (bicyclic) bond motifs is 1. The van der Waals surface area contributed by atoms with Crippen molar-refractivity contribution >= 4 is 44.8 Å². The van der Waals surface area contributed by atoms with Crippen molar-refractivity contribution in [3.05, 3.63) is 46.5 Å². The van der Waals surface area contributed by atoms with Gasteiger partial charge in [0, 0.05) is 44.1 Å². The smallest absolute Gasteiger partial charge is 0.311 e. The van der Waals surface area contributed by atoms with Crippen LogP contribution in [0.15, 0.2) is 40.7 Å². The molecule has 1 aliphatic rings. The number of methoxy groups -OCH3 is 1. The molecule has 2 aromatic heterocycles. The maximum absolute atomic E-state index is 11.4. The Balaban J connectivity index is 1.25. The fourth-order valence-electron chi connectivity index (χ4n) is 3.46. The van der Waals surface area contributed by atoms with E-state index in [4.69, 9.17) is 4.74 Å². The second-order valence-corrected chi connectivity index (χ2v) is 9.30. The number of para-hydroxylation sites is 1. The second kappa shape index (κ2) is 9.59. The van der Waals surface area contributed by atoms with Gasteiger partial charge in [0.2, 0.25) is 11.7 Å². The Labute approximate surface area is 183 Å². The summed E-state index contributed by atoms with van der Waals surface area (Å²) in [5.41, 5.74) is 1.10. The van der Waals surface area contributed by atoms with Crippen molar-refractivity contribution in [1.29, 1.82) is 0 Å². The number of ether oxygens (including phenoxy) is 1. The van der Waals surface area contributed by atoms with E-state index in [9.17, 15) is 10.1 Å². The number of thiazole rings is 1. The van der Waals surface area contributed by atoms with Crippen LogP contribution in [0.3, 0.4) is 0 Å². The first-order chi connectivity index (χ1) is 14.6. The third-order valence-electron chi connectivity index (χ3n) is 5.03. The van der Waals surface area contributed by atoms with Crippen LogP contribution in [0.5, 0.6) is 5.88 Å². The fourth-order valence-corrected chi connectivity index (χ4v) is 5.52. The SMILES string of the molecule is COc1ccc([N+](=O)[O-])c(N2CCN(CCCSc3nc4ccccc4s3)CC2)n1. The number of hydrogen-bond donors (Lipinski definition) is 0. The Morgan fingerprint density at radius 3 is 2.70 bits per heavy atom. The summed E-state index contributed by atoms with van der Waals surface area (Å²) in [6, 6.07) is 11.2. The van der Waals surface area contributed by atoms with Crippen LogP contribution in [0.1, 0.15) is 6.42 Å². The molecule has 0 saturated carbocycles. The number of thioether (sulfide) groups is 1. The van der Waals surface area contributed by atoms with Crippen LogP contribution < -0.4 is 9.64 Å². The van der Waals surface area contributed by atoms with E-state index in [1.54, 1.807) is 11.3 Å². The first kappa shape index (κ1) is 20.8. The summed E-state index contributed by atoms with van der Waals surface area (Å²) >= 11 is 3.56. The number of benzene rings is 1. The summed E-state index contributed by atoms with van der Waals surface area (Å²) in [6.45, 7) is 4.17. The van der Waals surface area contributed by atoms with E-state index in [0.29, 0.717) is 24.8 Å². The van der Waals surface area contributed by atoms with Crippen LogP contribution >= 0.6 is 23.1 Å². The van der Waals surface area contributed by atoms with Crippen LogP contribution in [0.4, 0.5) is 11.5 Å². The van der Waals surface area contributed by atoms with E-state index in [1.165, 1.54) is 23.9 Å². The van der Waals surface area contributed by atoms with Crippen LogP contribution in [0.2, 0.25) is 0 Å². The Bertz CT molecular complexity index is 988. The molecule has 0 unspecified atom stereocenters. The average molecular weight is 446 g/mol. The van der Waals surface area contributed by atoms with Crippen molar-refractivity contribution in [2.24, 2.45) is 0 Å². The van der Waals surface area contributed by atoms with Gasteiger partial charge in [-0.3, -0.25) is 15.0 Å². The molecule has 10 heteroatoms. The molecule has 0 aliphatic carbocycles. The number of nitrogens with zero attached hydrogens (tertiary/aromatic N) is 5. The quantitative estimate of drug-likeness (QED) is 0.223. The minimum Gasteiger partial charge on any atom is -0.481 e. The number of rotatable bonds is 8. The van der Waals surface area contributed by atoms with Crippen molar-refractivity contribution in [3.8, 4) is 5.88 Å². The third kappa shape index (κ3) is 4.82.